The van der Waals surface area contributed by atoms with Gasteiger partial charge in [0.15, 0.2) is 0 Å². The Morgan fingerprint density at radius 3 is 2.57 bits per heavy atom. The van der Waals surface area contributed by atoms with Gasteiger partial charge in [0.25, 0.3) is 0 Å². The van der Waals surface area contributed by atoms with E-state index in [0.717, 1.165) is 13.0 Å². The number of nitrogens with zero attached hydrogens (tertiary/aromatic N) is 2. The van der Waals surface area contributed by atoms with E-state index < -0.39 is 0 Å². The number of rotatable bonds is 7. The van der Waals surface area contributed by atoms with Crippen LogP contribution in [0.4, 0.5) is 0 Å². The molecular weight excluding hydrogens is 176 g/mol. The van der Waals surface area contributed by atoms with E-state index in [0.29, 0.717) is 19.5 Å². The molecule has 14 heavy (non-hydrogen) atoms. The Bertz CT molecular complexity index is 208. The first-order chi connectivity index (χ1) is 6.65. The lowest BCUT2D eigenvalue weighted by atomic mass is 10.0. The van der Waals surface area contributed by atoms with Gasteiger partial charge in [0, 0.05) is 18.9 Å². The van der Waals surface area contributed by atoms with Crippen molar-refractivity contribution < 1.29 is 4.79 Å². The van der Waals surface area contributed by atoms with Gasteiger partial charge in [-0.25, -0.2) is 0 Å². The van der Waals surface area contributed by atoms with Crippen molar-refractivity contribution in [2.45, 2.75) is 33.6 Å². The number of ketones is 1. The minimum Gasteiger partial charge on any atom is -0.298 e. The predicted molar refractivity (Wildman–Crippen MR) is 56.8 cm³/mol. The van der Waals surface area contributed by atoms with Crippen LogP contribution in [0.15, 0.2) is 0 Å². The van der Waals surface area contributed by atoms with Crippen LogP contribution < -0.4 is 0 Å². The van der Waals surface area contributed by atoms with Gasteiger partial charge in [0.2, 0.25) is 0 Å². The maximum absolute atomic E-state index is 11.6. The molecule has 0 aromatic rings. The Morgan fingerprint density at radius 1 is 1.50 bits per heavy atom. The first-order valence-electron chi connectivity index (χ1n) is 5.27. The van der Waals surface area contributed by atoms with Gasteiger partial charge in [-0.05, 0) is 13.0 Å². The van der Waals surface area contributed by atoms with Gasteiger partial charge in [-0.15, -0.1) is 0 Å². The molecule has 0 radical (unpaired) electrons. The smallest absolute Gasteiger partial charge is 0.149 e. The van der Waals surface area contributed by atoms with E-state index in [1.165, 1.54) is 0 Å². The molecule has 0 saturated heterocycles. The van der Waals surface area contributed by atoms with Gasteiger partial charge in [0.1, 0.15) is 5.78 Å². The maximum Gasteiger partial charge on any atom is 0.149 e. The van der Waals surface area contributed by atoms with Crippen LogP contribution in [0, 0.1) is 17.2 Å². The highest BCUT2D eigenvalue weighted by molar-refractivity contribution is 5.82. The molecule has 0 aliphatic heterocycles. The zero-order valence-corrected chi connectivity index (χ0v) is 9.42. The number of hydrogen-bond donors (Lipinski definition) is 0. The third-order valence-corrected chi connectivity index (χ3v) is 2.53. The van der Waals surface area contributed by atoms with Crippen LogP contribution in [0.2, 0.25) is 0 Å². The first kappa shape index (κ1) is 13.1. The summed E-state index contributed by atoms with van der Waals surface area (Å²) in [6.45, 7) is 8.03. The standard InChI is InChI=1S/C11H20N2O/c1-4-10(3)11(14)9-13(5-2)8-6-7-12/h10H,4-6,8-9H2,1-3H3. The van der Waals surface area contributed by atoms with Crippen molar-refractivity contribution in [3.63, 3.8) is 0 Å². The first-order valence-corrected chi connectivity index (χ1v) is 5.27. The molecule has 1 atom stereocenters. The van der Waals surface area contributed by atoms with Crippen molar-refractivity contribution in [3.8, 4) is 6.07 Å². The van der Waals surface area contributed by atoms with Gasteiger partial charge >= 0.3 is 0 Å². The summed E-state index contributed by atoms with van der Waals surface area (Å²) in [6, 6.07) is 2.10. The maximum atomic E-state index is 11.6. The van der Waals surface area contributed by atoms with E-state index >= 15 is 0 Å². The molecule has 0 fully saturated rings. The van der Waals surface area contributed by atoms with E-state index in [9.17, 15) is 4.79 Å². The number of carbonyl (C=O) groups is 1. The molecule has 0 aliphatic carbocycles. The Kier molecular flexibility index (Phi) is 7.04. The summed E-state index contributed by atoms with van der Waals surface area (Å²) in [5.41, 5.74) is 0. The normalized spacial score (nSPS) is 12.5. The van der Waals surface area contributed by atoms with E-state index in [4.69, 9.17) is 5.26 Å². The van der Waals surface area contributed by atoms with Gasteiger partial charge < -0.3 is 0 Å². The topological polar surface area (TPSA) is 44.1 Å². The summed E-state index contributed by atoms with van der Waals surface area (Å²) in [4.78, 5) is 13.6. The number of hydrogen-bond acceptors (Lipinski definition) is 3. The molecule has 0 aromatic heterocycles. The summed E-state index contributed by atoms with van der Waals surface area (Å²) in [7, 11) is 0. The number of Topliss-reactive ketones (excluding diaryl/α,β-unsaturated/α-hetero) is 1. The molecule has 1 unspecified atom stereocenters. The minimum atomic E-state index is 0.145. The van der Waals surface area contributed by atoms with E-state index in [-0.39, 0.29) is 11.7 Å². The molecule has 0 N–H and O–H groups in total. The molecule has 3 heteroatoms. The SMILES string of the molecule is CCC(C)C(=O)CN(CC)CCC#N. The second-order valence-electron chi connectivity index (χ2n) is 3.55. The largest absolute Gasteiger partial charge is 0.298 e. The molecule has 0 aliphatic rings. The second-order valence-corrected chi connectivity index (χ2v) is 3.55. The van der Waals surface area contributed by atoms with Crippen molar-refractivity contribution >= 4 is 5.78 Å². The van der Waals surface area contributed by atoms with Crippen LogP contribution >= 0.6 is 0 Å². The molecule has 0 heterocycles. The van der Waals surface area contributed by atoms with Crippen molar-refractivity contribution in [2.75, 3.05) is 19.6 Å². The van der Waals surface area contributed by atoms with Crippen LogP contribution in [0.1, 0.15) is 33.6 Å². The summed E-state index contributed by atoms with van der Waals surface area (Å²) in [5.74, 6) is 0.429. The lowest BCUT2D eigenvalue weighted by molar-refractivity contribution is -0.123. The summed E-state index contributed by atoms with van der Waals surface area (Å²) < 4.78 is 0. The van der Waals surface area contributed by atoms with Gasteiger partial charge in [-0.2, -0.15) is 5.26 Å². The van der Waals surface area contributed by atoms with Crippen molar-refractivity contribution in [1.82, 2.24) is 4.90 Å². The van der Waals surface area contributed by atoms with Gasteiger partial charge in [-0.1, -0.05) is 20.8 Å². The average Bonchev–Trinajstić information content (AvgIpc) is 2.22. The molecule has 0 bridgehead atoms. The quantitative estimate of drug-likeness (QED) is 0.624. The third-order valence-electron chi connectivity index (χ3n) is 2.53. The van der Waals surface area contributed by atoms with E-state index in [1.54, 1.807) is 0 Å². The zero-order valence-electron chi connectivity index (χ0n) is 9.42. The van der Waals surface area contributed by atoms with Crippen LogP contribution in [0.3, 0.4) is 0 Å². The summed E-state index contributed by atoms with van der Waals surface area (Å²) in [5, 5.41) is 8.44. The van der Waals surface area contributed by atoms with Crippen molar-refractivity contribution in [3.05, 3.63) is 0 Å². The number of nitriles is 1. The molecule has 0 aromatic carbocycles. The van der Waals surface area contributed by atoms with Crippen molar-refractivity contribution in [2.24, 2.45) is 5.92 Å². The summed E-state index contributed by atoms with van der Waals surface area (Å²) >= 11 is 0. The molecule has 3 nitrogen and oxygen atoms in total. The summed E-state index contributed by atoms with van der Waals surface area (Å²) in [6.07, 6.45) is 1.40. The Morgan fingerprint density at radius 2 is 2.14 bits per heavy atom. The van der Waals surface area contributed by atoms with Crippen LogP contribution in [0.25, 0.3) is 0 Å². The lowest BCUT2D eigenvalue weighted by Crippen LogP contribution is -2.33. The van der Waals surface area contributed by atoms with Gasteiger partial charge in [-0.3, -0.25) is 9.69 Å². The van der Waals surface area contributed by atoms with Crippen LogP contribution in [-0.4, -0.2) is 30.3 Å². The molecule has 0 amide bonds. The third kappa shape index (κ3) is 4.98. The average molecular weight is 196 g/mol. The highest BCUT2D eigenvalue weighted by Gasteiger charge is 2.13. The Balaban J connectivity index is 3.93. The fraction of sp³-hybridized carbons (Fsp3) is 0.818. The molecule has 0 spiro atoms. The monoisotopic (exact) mass is 196 g/mol. The number of likely N-dealkylation sites (N-methyl/N-ethyl adjacent to an activating group) is 1. The zero-order chi connectivity index (χ0) is 11.0. The number of carbonyl (C=O) groups excluding carboxylic acids is 1. The molecule has 80 valence electrons. The van der Waals surface area contributed by atoms with Gasteiger partial charge in [0.05, 0.1) is 12.6 Å². The molecule has 0 saturated carbocycles. The highest BCUT2D eigenvalue weighted by Crippen LogP contribution is 2.04. The van der Waals surface area contributed by atoms with Crippen molar-refractivity contribution in [1.29, 1.82) is 5.26 Å². The van der Waals surface area contributed by atoms with E-state index in [1.807, 2.05) is 25.7 Å². The fourth-order valence-corrected chi connectivity index (χ4v) is 1.16. The van der Waals surface area contributed by atoms with E-state index in [2.05, 4.69) is 6.07 Å². The fourth-order valence-electron chi connectivity index (χ4n) is 1.16. The Hall–Kier alpha value is -0.880. The molecule has 0 rings (SSSR count). The van der Waals surface area contributed by atoms with Crippen LogP contribution in [-0.2, 0) is 4.79 Å². The minimum absolute atomic E-state index is 0.145. The predicted octanol–water partition coefficient (Wildman–Crippen LogP) is 1.84. The second kappa shape index (κ2) is 7.52. The lowest BCUT2D eigenvalue weighted by Gasteiger charge is -2.19. The van der Waals surface area contributed by atoms with Crippen LogP contribution in [0.5, 0.6) is 0 Å². The Labute approximate surface area is 86.7 Å². The molecular formula is C11H20N2O. The highest BCUT2D eigenvalue weighted by atomic mass is 16.1.